The van der Waals surface area contributed by atoms with Crippen LogP contribution in [-0.4, -0.2) is 11.9 Å². The molecule has 0 unspecified atom stereocenters. The predicted octanol–water partition coefficient (Wildman–Crippen LogP) is 2.28. The Hall–Kier alpha value is -1.57. The van der Waals surface area contributed by atoms with Gasteiger partial charge in [-0.25, -0.2) is 4.79 Å². The van der Waals surface area contributed by atoms with Crippen molar-refractivity contribution in [3.05, 3.63) is 33.8 Å². The molecule has 92 valence electrons. The van der Waals surface area contributed by atoms with Crippen LogP contribution in [0, 0.1) is 0 Å². The maximum absolute atomic E-state index is 12.5. The fourth-order valence-corrected chi connectivity index (χ4v) is 1.54. The Morgan fingerprint density at radius 3 is 2.35 bits per heavy atom. The molecule has 3 amide bonds. The second-order valence-electron chi connectivity index (χ2n) is 3.01. The molecule has 0 heterocycles. The van der Waals surface area contributed by atoms with Crippen LogP contribution >= 0.6 is 15.9 Å². The Bertz CT molecular complexity index is 474. The van der Waals surface area contributed by atoms with Gasteiger partial charge in [-0.05, 0) is 18.2 Å². The number of nitrogens with one attached hydrogen (secondary N) is 1. The molecule has 0 aliphatic carbocycles. The lowest BCUT2D eigenvalue weighted by Gasteiger charge is -2.10. The van der Waals surface area contributed by atoms with Gasteiger partial charge in [0.15, 0.2) is 0 Å². The van der Waals surface area contributed by atoms with Gasteiger partial charge in [0.2, 0.25) is 0 Å². The number of hydrogen-bond donors (Lipinski definition) is 2. The van der Waals surface area contributed by atoms with Gasteiger partial charge in [0.1, 0.15) is 0 Å². The fourth-order valence-electron chi connectivity index (χ4n) is 1.07. The van der Waals surface area contributed by atoms with Crippen LogP contribution in [0.5, 0.6) is 0 Å². The van der Waals surface area contributed by atoms with Gasteiger partial charge in [-0.2, -0.15) is 13.2 Å². The number of amides is 3. The minimum absolute atomic E-state index is 0.194. The van der Waals surface area contributed by atoms with E-state index in [0.29, 0.717) is 6.07 Å². The van der Waals surface area contributed by atoms with Crippen molar-refractivity contribution in [2.45, 2.75) is 6.18 Å². The van der Waals surface area contributed by atoms with E-state index < -0.39 is 23.7 Å². The van der Waals surface area contributed by atoms with E-state index in [2.05, 4.69) is 21.7 Å². The summed E-state index contributed by atoms with van der Waals surface area (Å²) in [6, 6.07) is 1.70. The highest BCUT2D eigenvalue weighted by Crippen LogP contribution is 2.35. The van der Waals surface area contributed by atoms with Crippen LogP contribution in [0.4, 0.5) is 18.0 Å². The fraction of sp³-hybridized carbons (Fsp3) is 0.111. The third-order valence-corrected chi connectivity index (χ3v) is 2.46. The average Bonchev–Trinajstić information content (AvgIpc) is 2.15. The molecule has 0 aliphatic rings. The highest BCUT2D eigenvalue weighted by Gasteiger charge is 2.33. The topological polar surface area (TPSA) is 72.2 Å². The van der Waals surface area contributed by atoms with Gasteiger partial charge >= 0.3 is 12.2 Å². The number of benzene rings is 1. The molecule has 0 spiro atoms. The zero-order valence-electron chi connectivity index (χ0n) is 8.14. The van der Waals surface area contributed by atoms with Crippen molar-refractivity contribution >= 4 is 27.9 Å². The number of carbonyl (C=O) groups is 2. The molecule has 0 bridgehead atoms. The zero-order chi connectivity index (χ0) is 13.2. The third-order valence-electron chi connectivity index (χ3n) is 1.77. The predicted molar refractivity (Wildman–Crippen MR) is 56.2 cm³/mol. The average molecular weight is 311 g/mol. The third kappa shape index (κ3) is 3.45. The highest BCUT2D eigenvalue weighted by atomic mass is 79.9. The Kier molecular flexibility index (Phi) is 3.76. The minimum atomic E-state index is -4.60. The first kappa shape index (κ1) is 13.5. The lowest BCUT2D eigenvalue weighted by molar-refractivity contribution is -0.138. The van der Waals surface area contributed by atoms with E-state index in [4.69, 9.17) is 0 Å². The van der Waals surface area contributed by atoms with Gasteiger partial charge in [0, 0.05) is 10.0 Å². The van der Waals surface area contributed by atoms with Crippen LogP contribution < -0.4 is 11.1 Å². The molecular weight excluding hydrogens is 305 g/mol. The molecule has 0 saturated heterocycles. The van der Waals surface area contributed by atoms with E-state index in [9.17, 15) is 22.8 Å². The Labute approximate surface area is 102 Å². The van der Waals surface area contributed by atoms with Crippen molar-refractivity contribution in [2.75, 3.05) is 0 Å². The van der Waals surface area contributed by atoms with Gasteiger partial charge in [-0.1, -0.05) is 15.9 Å². The second kappa shape index (κ2) is 4.74. The summed E-state index contributed by atoms with van der Waals surface area (Å²) >= 11 is 2.72. The normalized spacial score (nSPS) is 11.1. The molecule has 4 nitrogen and oxygen atoms in total. The molecule has 0 saturated carbocycles. The molecule has 0 radical (unpaired) electrons. The van der Waals surface area contributed by atoms with E-state index in [0.717, 1.165) is 12.1 Å². The van der Waals surface area contributed by atoms with Crippen LogP contribution in [-0.2, 0) is 6.18 Å². The Balaban J connectivity index is 3.13. The number of primary amides is 1. The SMILES string of the molecule is NC(=O)NC(=O)c1ccc(Br)c(C(F)(F)F)c1. The summed E-state index contributed by atoms with van der Waals surface area (Å²) in [5.74, 6) is -0.990. The van der Waals surface area contributed by atoms with Crippen LogP contribution in [0.3, 0.4) is 0 Å². The van der Waals surface area contributed by atoms with Crippen molar-refractivity contribution in [2.24, 2.45) is 5.73 Å². The molecule has 0 atom stereocenters. The zero-order valence-corrected chi connectivity index (χ0v) is 9.72. The molecule has 8 heteroatoms. The summed E-state index contributed by atoms with van der Waals surface area (Å²) in [5, 5.41) is 1.67. The largest absolute Gasteiger partial charge is 0.417 e. The second-order valence-corrected chi connectivity index (χ2v) is 3.87. The first-order chi connectivity index (χ1) is 7.71. The first-order valence-corrected chi connectivity index (χ1v) is 4.98. The molecule has 1 rings (SSSR count). The number of halogens is 4. The number of nitrogens with two attached hydrogens (primary N) is 1. The quantitative estimate of drug-likeness (QED) is 0.835. The molecule has 17 heavy (non-hydrogen) atoms. The van der Waals surface area contributed by atoms with Crippen LogP contribution in [0.25, 0.3) is 0 Å². The first-order valence-electron chi connectivity index (χ1n) is 4.19. The number of hydrogen-bond acceptors (Lipinski definition) is 2. The van der Waals surface area contributed by atoms with Crippen LogP contribution in [0.15, 0.2) is 22.7 Å². The Morgan fingerprint density at radius 2 is 1.88 bits per heavy atom. The molecule has 1 aromatic rings. The lowest BCUT2D eigenvalue weighted by atomic mass is 10.1. The molecule has 0 aromatic heterocycles. The maximum Gasteiger partial charge on any atom is 0.417 e. The van der Waals surface area contributed by atoms with Gasteiger partial charge in [-0.15, -0.1) is 0 Å². The summed E-state index contributed by atoms with van der Waals surface area (Å²) in [4.78, 5) is 21.6. The monoisotopic (exact) mass is 310 g/mol. The number of rotatable bonds is 1. The van der Waals surface area contributed by atoms with E-state index in [1.54, 1.807) is 5.32 Å². The van der Waals surface area contributed by atoms with Crippen molar-refractivity contribution in [1.29, 1.82) is 0 Å². The molecular formula is C9H6BrF3N2O2. The summed E-state index contributed by atoms with van der Waals surface area (Å²) in [7, 11) is 0. The smallest absolute Gasteiger partial charge is 0.351 e. The van der Waals surface area contributed by atoms with Crippen molar-refractivity contribution < 1.29 is 22.8 Å². The van der Waals surface area contributed by atoms with Crippen molar-refractivity contribution in [3.63, 3.8) is 0 Å². The van der Waals surface area contributed by atoms with Gasteiger partial charge in [0.05, 0.1) is 5.56 Å². The Morgan fingerprint density at radius 1 is 1.29 bits per heavy atom. The highest BCUT2D eigenvalue weighted by molar-refractivity contribution is 9.10. The number of carbonyl (C=O) groups excluding carboxylic acids is 2. The molecule has 1 aromatic carbocycles. The summed E-state index contributed by atoms with van der Waals surface area (Å²) < 4.78 is 37.3. The van der Waals surface area contributed by atoms with E-state index in [1.807, 2.05) is 0 Å². The standard InChI is InChI=1S/C9H6BrF3N2O2/c10-6-2-1-4(7(16)15-8(14)17)3-5(6)9(11,12)13/h1-3H,(H3,14,15,16,17). The summed E-state index contributed by atoms with van der Waals surface area (Å²) in [6.45, 7) is 0. The van der Waals surface area contributed by atoms with Crippen molar-refractivity contribution in [3.8, 4) is 0 Å². The number of urea groups is 1. The molecule has 3 N–H and O–H groups in total. The number of alkyl halides is 3. The van der Waals surface area contributed by atoms with Gasteiger partial charge < -0.3 is 5.73 Å². The summed E-state index contributed by atoms with van der Waals surface area (Å²) in [5.41, 5.74) is 3.37. The molecule has 0 fully saturated rings. The van der Waals surface area contributed by atoms with E-state index in [1.165, 1.54) is 0 Å². The lowest BCUT2D eigenvalue weighted by Crippen LogP contribution is -2.35. The van der Waals surface area contributed by atoms with E-state index >= 15 is 0 Å². The van der Waals surface area contributed by atoms with Crippen LogP contribution in [0.2, 0.25) is 0 Å². The van der Waals surface area contributed by atoms with Crippen molar-refractivity contribution in [1.82, 2.24) is 5.32 Å². The minimum Gasteiger partial charge on any atom is -0.351 e. The van der Waals surface area contributed by atoms with Crippen LogP contribution in [0.1, 0.15) is 15.9 Å². The van der Waals surface area contributed by atoms with Gasteiger partial charge in [-0.3, -0.25) is 10.1 Å². The van der Waals surface area contributed by atoms with Gasteiger partial charge in [0.25, 0.3) is 5.91 Å². The summed E-state index contributed by atoms with van der Waals surface area (Å²) in [6.07, 6.45) is -4.60. The number of imide groups is 1. The molecule has 0 aliphatic heterocycles. The van der Waals surface area contributed by atoms with E-state index in [-0.39, 0.29) is 10.0 Å². The maximum atomic E-state index is 12.5.